The maximum atomic E-state index is 5.82. The van der Waals surface area contributed by atoms with Gasteiger partial charge in [0, 0.05) is 7.11 Å². The second-order valence-electron chi connectivity index (χ2n) is 3.80. The van der Waals surface area contributed by atoms with Gasteiger partial charge in [0.15, 0.2) is 0 Å². The van der Waals surface area contributed by atoms with Gasteiger partial charge in [0.05, 0.1) is 12.1 Å². The van der Waals surface area contributed by atoms with E-state index in [1.165, 1.54) is 6.42 Å². The van der Waals surface area contributed by atoms with Crippen molar-refractivity contribution in [1.82, 2.24) is 4.98 Å². The summed E-state index contributed by atoms with van der Waals surface area (Å²) in [6.07, 6.45) is 3.75. The summed E-state index contributed by atoms with van der Waals surface area (Å²) in [4.78, 5) is 4.20. The first kappa shape index (κ1) is 10.7. The number of aromatic nitrogens is 1. The summed E-state index contributed by atoms with van der Waals surface area (Å²) in [5.41, 5.74) is 0. The average molecular weight is 227 g/mol. The molecule has 1 fully saturated rings. The smallest absolute Gasteiger partial charge is 0.131 e. The molecular weight excluding hydrogens is 212 g/mol. The van der Waals surface area contributed by atoms with Crippen LogP contribution in [0.2, 0.25) is 5.15 Å². The second kappa shape index (κ2) is 4.81. The number of nitrogens with one attached hydrogen (secondary N) is 1. The molecule has 1 saturated carbocycles. The van der Waals surface area contributed by atoms with Crippen molar-refractivity contribution in [3.63, 3.8) is 0 Å². The first-order valence-corrected chi connectivity index (χ1v) is 5.59. The van der Waals surface area contributed by atoms with Crippen LogP contribution in [-0.4, -0.2) is 24.2 Å². The Balaban J connectivity index is 2.02. The normalized spacial score (nSPS) is 25.5. The van der Waals surface area contributed by atoms with E-state index >= 15 is 0 Å². The largest absolute Gasteiger partial charge is 0.379 e. The molecule has 1 aliphatic carbocycles. The lowest BCUT2D eigenvalue weighted by atomic mass is 10.2. The van der Waals surface area contributed by atoms with Crippen LogP contribution in [0.15, 0.2) is 18.2 Å². The van der Waals surface area contributed by atoms with Crippen molar-refractivity contribution in [2.24, 2.45) is 0 Å². The van der Waals surface area contributed by atoms with Crippen LogP contribution in [0, 0.1) is 0 Å². The van der Waals surface area contributed by atoms with E-state index in [1.807, 2.05) is 12.1 Å². The van der Waals surface area contributed by atoms with Crippen molar-refractivity contribution >= 4 is 17.4 Å². The predicted molar refractivity (Wildman–Crippen MR) is 61.3 cm³/mol. The maximum absolute atomic E-state index is 5.82. The van der Waals surface area contributed by atoms with Gasteiger partial charge >= 0.3 is 0 Å². The highest BCUT2D eigenvalue weighted by Gasteiger charge is 2.26. The molecule has 1 N–H and O–H groups in total. The molecular formula is C11H15ClN2O. The Morgan fingerprint density at radius 2 is 2.33 bits per heavy atom. The SMILES string of the molecule is COC1CCCC1Nc1cccc(Cl)n1. The fourth-order valence-corrected chi connectivity index (χ4v) is 2.22. The lowest BCUT2D eigenvalue weighted by Gasteiger charge is -2.20. The van der Waals surface area contributed by atoms with E-state index in [2.05, 4.69) is 10.3 Å². The Labute approximate surface area is 94.8 Å². The molecule has 0 bridgehead atoms. The lowest BCUT2D eigenvalue weighted by Crippen LogP contribution is -2.30. The quantitative estimate of drug-likeness (QED) is 0.805. The Hall–Kier alpha value is -0.800. The standard InChI is InChI=1S/C11H15ClN2O/c1-15-9-5-2-4-8(9)13-11-7-3-6-10(12)14-11/h3,6-9H,2,4-5H2,1H3,(H,13,14). The van der Waals surface area contributed by atoms with E-state index in [-0.39, 0.29) is 0 Å². The molecule has 4 heteroatoms. The number of ether oxygens (including phenoxy) is 1. The van der Waals surface area contributed by atoms with Gasteiger partial charge in [0.25, 0.3) is 0 Å². The zero-order chi connectivity index (χ0) is 10.7. The van der Waals surface area contributed by atoms with Crippen molar-refractivity contribution in [2.75, 3.05) is 12.4 Å². The van der Waals surface area contributed by atoms with E-state index in [4.69, 9.17) is 16.3 Å². The predicted octanol–water partition coefficient (Wildman–Crippen LogP) is 2.71. The molecule has 2 rings (SSSR count). The van der Waals surface area contributed by atoms with Crippen LogP contribution in [0.5, 0.6) is 0 Å². The molecule has 1 heterocycles. The number of nitrogens with zero attached hydrogens (tertiary/aromatic N) is 1. The fourth-order valence-electron chi connectivity index (χ4n) is 2.05. The summed E-state index contributed by atoms with van der Waals surface area (Å²) in [6, 6.07) is 5.96. The molecule has 0 spiro atoms. The number of hydrogen-bond donors (Lipinski definition) is 1. The minimum atomic E-state index is 0.297. The molecule has 2 atom stereocenters. The van der Waals surface area contributed by atoms with Crippen molar-refractivity contribution < 1.29 is 4.74 Å². The zero-order valence-corrected chi connectivity index (χ0v) is 9.50. The van der Waals surface area contributed by atoms with Crippen LogP contribution < -0.4 is 5.32 Å². The van der Waals surface area contributed by atoms with E-state index in [0.717, 1.165) is 18.7 Å². The van der Waals surface area contributed by atoms with Crippen LogP contribution in [0.25, 0.3) is 0 Å². The molecule has 15 heavy (non-hydrogen) atoms. The number of methoxy groups -OCH3 is 1. The molecule has 1 aliphatic rings. The second-order valence-corrected chi connectivity index (χ2v) is 4.19. The van der Waals surface area contributed by atoms with Gasteiger partial charge in [-0.25, -0.2) is 4.98 Å². The van der Waals surface area contributed by atoms with Gasteiger partial charge in [-0.3, -0.25) is 0 Å². The number of halogens is 1. The molecule has 1 aromatic heterocycles. The van der Waals surface area contributed by atoms with Crippen LogP contribution in [0.1, 0.15) is 19.3 Å². The summed E-state index contributed by atoms with van der Waals surface area (Å²) in [6.45, 7) is 0. The van der Waals surface area contributed by atoms with E-state index in [0.29, 0.717) is 17.3 Å². The van der Waals surface area contributed by atoms with Gasteiger partial charge in [-0.05, 0) is 31.4 Å². The molecule has 3 nitrogen and oxygen atoms in total. The van der Waals surface area contributed by atoms with Gasteiger partial charge in [0.2, 0.25) is 0 Å². The third-order valence-corrected chi connectivity index (χ3v) is 3.01. The van der Waals surface area contributed by atoms with E-state index in [1.54, 1.807) is 13.2 Å². The van der Waals surface area contributed by atoms with Gasteiger partial charge in [-0.1, -0.05) is 17.7 Å². The number of hydrogen-bond acceptors (Lipinski definition) is 3. The van der Waals surface area contributed by atoms with Crippen molar-refractivity contribution in [3.05, 3.63) is 23.4 Å². The number of anilines is 1. The van der Waals surface area contributed by atoms with Gasteiger partial charge in [-0.15, -0.1) is 0 Å². The molecule has 0 saturated heterocycles. The summed E-state index contributed by atoms with van der Waals surface area (Å²) < 4.78 is 5.40. The topological polar surface area (TPSA) is 34.1 Å². The minimum Gasteiger partial charge on any atom is -0.379 e. The first-order chi connectivity index (χ1) is 7.29. The third-order valence-electron chi connectivity index (χ3n) is 2.80. The van der Waals surface area contributed by atoms with E-state index in [9.17, 15) is 0 Å². The molecule has 2 unspecified atom stereocenters. The number of rotatable bonds is 3. The number of pyridine rings is 1. The van der Waals surface area contributed by atoms with Gasteiger partial charge in [-0.2, -0.15) is 0 Å². The Kier molecular flexibility index (Phi) is 3.44. The van der Waals surface area contributed by atoms with Crippen molar-refractivity contribution in [2.45, 2.75) is 31.4 Å². The summed E-state index contributed by atoms with van der Waals surface area (Å²) in [5.74, 6) is 0.830. The Bertz CT molecular complexity index is 332. The molecule has 0 radical (unpaired) electrons. The highest BCUT2D eigenvalue weighted by Crippen LogP contribution is 2.24. The van der Waals surface area contributed by atoms with Gasteiger partial charge < -0.3 is 10.1 Å². The summed E-state index contributed by atoms with van der Waals surface area (Å²) >= 11 is 5.82. The van der Waals surface area contributed by atoms with Crippen LogP contribution in [0.3, 0.4) is 0 Å². The molecule has 0 amide bonds. The average Bonchev–Trinajstić information content (AvgIpc) is 2.65. The highest BCUT2D eigenvalue weighted by molar-refractivity contribution is 6.29. The minimum absolute atomic E-state index is 0.297. The van der Waals surface area contributed by atoms with Crippen LogP contribution >= 0.6 is 11.6 Å². The molecule has 0 aliphatic heterocycles. The molecule has 82 valence electrons. The lowest BCUT2D eigenvalue weighted by molar-refractivity contribution is 0.101. The maximum Gasteiger partial charge on any atom is 0.131 e. The fraction of sp³-hybridized carbons (Fsp3) is 0.545. The summed E-state index contributed by atoms with van der Waals surface area (Å²) in [5, 5.41) is 3.88. The van der Waals surface area contributed by atoms with Gasteiger partial charge in [0.1, 0.15) is 11.0 Å². The molecule has 1 aromatic rings. The van der Waals surface area contributed by atoms with E-state index < -0.39 is 0 Å². The first-order valence-electron chi connectivity index (χ1n) is 5.21. The summed E-state index contributed by atoms with van der Waals surface area (Å²) in [7, 11) is 1.76. The molecule has 0 aromatic carbocycles. The highest BCUT2D eigenvalue weighted by atomic mass is 35.5. The third kappa shape index (κ3) is 2.61. The zero-order valence-electron chi connectivity index (χ0n) is 8.74. The van der Waals surface area contributed by atoms with Crippen molar-refractivity contribution in [1.29, 1.82) is 0 Å². The monoisotopic (exact) mass is 226 g/mol. The Morgan fingerprint density at radius 3 is 3.07 bits per heavy atom. The Morgan fingerprint density at radius 1 is 1.47 bits per heavy atom. The van der Waals surface area contributed by atoms with Crippen LogP contribution in [0.4, 0.5) is 5.82 Å². The van der Waals surface area contributed by atoms with Crippen molar-refractivity contribution in [3.8, 4) is 0 Å². The van der Waals surface area contributed by atoms with Crippen LogP contribution in [-0.2, 0) is 4.74 Å².